The first-order valence-electron chi connectivity index (χ1n) is 6.24. The second kappa shape index (κ2) is 5.30. The highest BCUT2D eigenvalue weighted by molar-refractivity contribution is 7.89. The fraction of sp³-hybridized carbons (Fsp3) is 0.286. The Morgan fingerprint density at radius 3 is 2.45 bits per heavy atom. The molecule has 20 heavy (non-hydrogen) atoms. The second-order valence-electron chi connectivity index (χ2n) is 4.87. The first kappa shape index (κ1) is 14.6. The minimum Gasteiger partial charge on any atom is -0.465 e. The van der Waals surface area contributed by atoms with Crippen molar-refractivity contribution in [3.63, 3.8) is 0 Å². The molecule has 0 saturated carbocycles. The Labute approximate surface area is 118 Å². The smallest absolute Gasteiger partial charge is 0.241 e. The monoisotopic (exact) mass is 294 g/mol. The van der Waals surface area contributed by atoms with Gasteiger partial charge in [-0.1, -0.05) is 0 Å². The van der Waals surface area contributed by atoms with Gasteiger partial charge in [-0.05, 0) is 56.7 Å². The van der Waals surface area contributed by atoms with Crippen molar-refractivity contribution in [1.82, 2.24) is 4.72 Å². The van der Waals surface area contributed by atoms with Gasteiger partial charge in [0, 0.05) is 5.69 Å². The third kappa shape index (κ3) is 3.20. The first-order valence-corrected chi connectivity index (χ1v) is 7.72. The van der Waals surface area contributed by atoms with E-state index in [4.69, 9.17) is 10.2 Å². The minimum absolute atomic E-state index is 0.158. The zero-order chi connectivity index (χ0) is 14.9. The summed E-state index contributed by atoms with van der Waals surface area (Å²) in [6.07, 6.45) is 0. The molecule has 108 valence electrons. The van der Waals surface area contributed by atoms with Crippen LogP contribution in [0.3, 0.4) is 0 Å². The number of anilines is 1. The van der Waals surface area contributed by atoms with Crippen LogP contribution in [0.5, 0.6) is 0 Å². The molecule has 0 aliphatic carbocycles. The van der Waals surface area contributed by atoms with E-state index in [9.17, 15) is 8.42 Å². The van der Waals surface area contributed by atoms with Gasteiger partial charge in [-0.15, -0.1) is 0 Å². The van der Waals surface area contributed by atoms with Gasteiger partial charge >= 0.3 is 0 Å². The lowest BCUT2D eigenvalue weighted by Crippen LogP contribution is -2.26. The molecule has 1 atom stereocenters. The normalized spacial score (nSPS) is 13.3. The van der Waals surface area contributed by atoms with Crippen molar-refractivity contribution in [1.29, 1.82) is 0 Å². The van der Waals surface area contributed by atoms with Gasteiger partial charge in [0.15, 0.2) is 0 Å². The van der Waals surface area contributed by atoms with Crippen molar-refractivity contribution < 1.29 is 12.8 Å². The number of hydrogen-bond donors (Lipinski definition) is 2. The molecule has 0 spiro atoms. The zero-order valence-electron chi connectivity index (χ0n) is 11.7. The summed E-state index contributed by atoms with van der Waals surface area (Å²) in [7, 11) is -3.63. The van der Waals surface area contributed by atoms with Crippen LogP contribution in [0.4, 0.5) is 5.69 Å². The van der Waals surface area contributed by atoms with Gasteiger partial charge < -0.3 is 10.2 Å². The maximum Gasteiger partial charge on any atom is 0.241 e. The lowest BCUT2D eigenvalue weighted by molar-refractivity contribution is 0.441. The van der Waals surface area contributed by atoms with Gasteiger partial charge in [-0.25, -0.2) is 13.1 Å². The molecule has 0 saturated heterocycles. The van der Waals surface area contributed by atoms with E-state index in [0.29, 0.717) is 11.4 Å². The van der Waals surface area contributed by atoms with Crippen molar-refractivity contribution in [3.8, 4) is 0 Å². The fourth-order valence-electron chi connectivity index (χ4n) is 1.98. The van der Waals surface area contributed by atoms with Crippen LogP contribution in [-0.4, -0.2) is 8.42 Å². The standard InChI is InChI=1S/C14H18N2O3S/c1-9-6-12(15)8-13(7-9)20(17,18)16-11(3)14-5-4-10(2)19-14/h4-8,11,16H,15H2,1-3H3. The van der Waals surface area contributed by atoms with Crippen molar-refractivity contribution in [2.45, 2.75) is 31.7 Å². The third-order valence-electron chi connectivity index (χ3n) is 2.90. The number of nitrogen functional groups attached to an aromatic ring is 1. The average molecular weight is 294 g/mol. The summed E-state index contributed by atoms with van der Waals surface area (Å²) in [4.78, 5) is 0.158. The summed E-state index contributed by atoms with van der Waals surface area (Å²) >= 11 is 0. The Balaban J connectivity index is 2.27. The summed E-state index contributed by atoms with van der Waals surface area (Å²) in [5.41, 5.74) is 6.91. The van der Waals surface area contributed by atoms with Crippen LogP contribution in [0.15, 0.2) is 39.6 Å². The van der Waals surface area contributed by atoms with Crippen LogP contribution in [0, 0.1) is 13.8 Å². The van der Waals surface area contributed by atoms with E-state index in [1.165, 1.54) is 6.07 Å². The molecule has 2 aromatic rings. The molecule has 0 amide bonds. The predicted octanol–water partition coefficient (Wildman–Crippen LogP) is 2.52. The van der Waals surface area contributed by atoms with Crippen molar-refractivity contribution in [2.75, 3.05) is 5.73 Å². The number of benzene rings is 1. The number of nitrogens with one attached hydrogen (secondary N) is 1. The summed E-state index contributed by atoms with van der Waals surface area (Å²) in [5.74, 6) is 1.32. The van der Waals surface area contributed by atoms with E-state index in [1.807, 2.05) is 6.92 Å². The lowest BCUT2D eigenvalue weighted by Gasteiger charge is -2.13. The zero-order valence-corrected chi connectivity index (χ0v) is 12.5. The van der Waals surface area contributed by atoms with Gasteiger partial charge in [0.1, 0.15) is 11.5 Å². The van der Waals surface area contributed by atoms with Crippen LogP contribution < -0.4 is 10.5 Å². The molecule has 0 fully saturated rings. The highest BCUT2D eigenvalue weighted by atomic mass is 32.2. The Bertz CT molecular complexity index is 700. The molecular weight excluding hydrogens is 276 g/mol. The molecule has 5 nitrogen and oxygen atoms in total. The summed E-state index contributed by atoms with van der Waals surface area (Å²) < 4.78 is 32.6. The Morgan fingerprint density at radius 2 is 1.90 bits per heavy atom. The van der Waals surface area contributed by atoms with Gasteiger partial charge in [-0.3, -0.25) is 0 Å². The lowest BCUT2D eigenvalue weighted by atomic mass is 10.2. The van der Waals surface area contributed by atoms with Crippen LogP contribution in [0.1, 0.15) is 30.0 Å². The molecule has 1 aromatic carbocycles. The van der Waals surface area contributed by atoms with Gasteiger partial charge in [0.25, 0.3) is 0 Å². The molecular formula is C14H18N2O3S. The molecule has 1 aromatic heterocycles. The molecule has 3 N–H and O–H groups in total. The Kier molecular flexibility index (Phi) is 3.87. The number of sulfonamides is 1. The second-order valence-corrected chi connectivity index (χ2v) is 6.58. The molecule has 0 aliphatic heterocycles. The summed E-state index contributed by atoms with van der Waals surface area (Å²) in [5, 5.41) is 0. The number of furan rings is 1. The van der Waals surface area contributed by atoms with E-state index in [2.05, 4.69) is 4.72 Å². The molecule has 1 heterocycles. The first-order chi connectivity index (χ1) is 9.28. The number of nitrogens with two attached hydrogens (primary N) is 1. The van der Waals surface area contributed by atoms with E-state index in [0.717, 1.165) is 11.3 Å². The summed E-state index contributed by atoms with van der Waals surface area (Å²) in [6.45, 7) is 5.34. The van der Waals surface area contributed by atoms with Crippen molar-refractivity contribution >= 4 is 15.7 Å². The van der Waals surface area contributed by atoms with E-state index in [-0.39, 0.29) is 4.90 Å². The number of hydrogen-bond acceptors (Lipinski definition) is 4. The average Bonchev–Trinajstić information content (AvgIpc) is 2.74. The minimum atomic E-state index is -3.63. The van der Waals surface area contributed by atoms with Crippen LogP contribution >= 0.6 is 0 Å². The highest BCUT2D eigenvalue weighted by Gasteiger charge is 2.20. The van der Waals surface area contributed by atoms with Crippen LogP contribution in [0.2, 0.25) is 0 Å². The van der Waals surface area contributed by atoms with E-state index < -0.39 is 16.1 Å². The maximum absolute atomic E-state index is 12.3. The van der Waals surface area contributed by atoms with Crippen molar-refractivity contribution in [3.05, 3.63) is 47.4 Å². The van der Waals surface area contributed by atoms with Crippen LogP contribution in [0.25, 0.3) is 0 Å². The summed E-state index contributed by atoms with van der Waals surface area (Å²) in [6, 6.07) is 7.85. The van der Waals surface area contributed by atoms with Gasteiger partial charge in [0.05, 0.1) is 10.9 Å². The fourth-order valence-corrected chi connectivity index (χ4v) is 3.33. The maximum atomic E-state index is 12.3. The predicted molar refractivity (Wildman–Crippen MR) is 77.8 cm³/mol. The molecule has 0 bridgehead atoms. The SMILES string of the molecule is Cc1cc(N)cc(S(=O)(=O)NC(C)c2ccc(C)o2)c1. The van der Waals surface area contributed by atoms with Gasteiger partial charge in [0.2, 0.25) is 10.0 Å². The molecule has 2 rings (SSSR count). The van der Waals surface area contributed by atoms with Gasteiger partial charge in [-0.2, -0.15) is 0 Å². The topological polar surface area (TPSA) is 85.3 Å². The Morgan fingerprint density at radius 1 is 1.20 bits per heavy atom. The quantitative estimate of drug-likeness (QED) is 0.848. The third-order valence-corrected chi connectivity index (χ3v) is 4.42. The van der Waals surface area contributed by atoms with E-state index in [1.54, 1.807) is 38.1 Å². The highest BCUT2D eigenvalue weighted by Crippen LogP contribution is 2.21. The molecule has 6 heteroatoms. The van der Waals surface area contributed by atoms with E-state index >= 15 is 0 Å². The molecule has 0 aliphatic rings. The Hall–Kier alpha value is -1.79. The molecule has 0 radical (unpaired) electrons. The number of aryl methyl sites for hydroxylation is 2. The molecule has 1 unspecified atom stereocenters. The van der Waals surface area contributed by atoms with Crippen LogP contribution in [-0.2, 0) is 10.0 Å². The number of rotatable bonds is 4. The van der Waals surface area contributed by atoms with Crippen molar-refractivity contribution in [2.24, 2.45) is 0 Å². The largest absolute Gasteiger partial charge is 0.465 e.